The van der Waals surface area contributed by atoms with Crippen LogP contribution in [0, 0.1) is 11.8 Å². The Balaban J connectivity index is 2.57. The summed E-state index contributed by atoms with van der Waals surface area (Å²) in [7, 11) is 0. The zero-order valence-electron chi connectivity index (χ0n) is 6.33. The molecule has 2 aromatic heterocycles. The number of aromatic amines is 1. The fourth-order valence-electron chi connectivity index (χ4n) is 0.975. The zero-order chi connectivity index (χ0) is 8.55. The number of aromatic nitrogens is 2. The third kappa shape index (κ3) is 1.08. The number of aryl methyl sites for hydroxylation is 1. The van der Waals surface area contributed by atoms with Gasteiger partial charge in [0.15, 0.2) is 5.82 Å². The summed E-state index contributed by atoms with van der Waals surface area (Å²) >= 11 is 4.71. The van der Waals surface area contributed by atoms with E-state index in [4.69, 9.17) is 21.2 Å². The van der Waals surface area contributed by atoms with Crippen LogP contribution in [-0.4, -0.2) is 10.1 Å². The van der Waals surface area contributed by atoms with Crippen LogP contribution in [-0.2, 0) is 0 Å². The second-order valence-electron chi connectivity index (χ2n) is 2.32. The van der Waals surface area contributed by atoms with Crippen LogP contribution >= 0.6 is 12.2 Å². The third-order valence-corrected chi connectivity index (χ3v) is 1.73. The van der Waals surface area contributed by atoms with Crippen LogP contribution in [0.4, 0.5) is 0 Å². The summed E-state index contributed by atoms with van der Waals surface area (Å²) in [4.78, 5) is 4.15. The zero-order valence-corrected chi connectivity index (χ0v) is 7.14. The van der Waals surface area contributed by atoms with E-state index in [1.54, 1.807) is 12.3 Å². The lowest BCUT2D eigenvalue weighted by Crippen LogP contribution is -1.78. The van der Waals surface area contributed by atoms with E-state index in [1.807, 2.05) is 6.92 Å². The minimum absolute atomic E-state index is 0.200. The molecule has 4 nitrogen and oxygen atoms in total. The molecule has 2 aromatic rings. The lowest BCUT2D eigenvalue weighted by Gasteiger charge is -1.88. The molecule has 0 radical (unpaired) electrons. The molecule has 62 valence electrons. The van der Waals surface area contributed by atoms with Crippen molar-refractivity contribution < 1.29 is 8.94 Å². The van der Waals surface area contributed by atoms with Gasteiger partial charge in [0.1, 0.15) is 5.76 Å². The molecule has 2 rings (SSSR count). The van der Waals surface area contributed by atoms with Crippen molar-refractivity contribution in [3.05, 3.63) is 22.9 Å². The average molecular weight is 182 g/mol. The summed E-state index contributed by atoms with van der Waals surface area (Å²) in [5.41, 5.74) is 0.870. The summed E-state index contributed by atoms with van der Waals surface area (Å²) in [5, 5.41) is 2.60. The van der Waals surface area contributed by atoms with E-state index in [0.29, 0.717) is 5.82 Å². The number of hydrogen-bond acceptors (Lipinski definition) is 4. The van der Waals surface area contributed by atoms with Crippen molar-refractivity contribution in [1.82, 2.24) is 10.1 Å². The molecule has 0 aliphatic rings. The maximum Gasteiger partial charge on any atom is 0.314 e. The van der Waals surface area contributed by atoms with Crippen LogP contribution in [0.3, 0.4) is 0 Å². The van der Waals surface area contributed by atoms with Gasteiger partial charge in [0.25, 0.3) is 0 Å². The van der Waals surface area contributed by atoms with E-state index in [9.17, 15) is 0 Å². The van der Waals surface area contributed by atoms with E-state index in [-0.39, 0.29) is 4.84 Å². The Morgan fingerprint density at radius 1 is 1.58 bits per heavy atom. The molecule has 0 spiro atoms. The van der Waals surface area contributed by atoms with Crippen molar-refractivity contribution in [2.45, 2.75) is 6.92 Å². The highest BCUT2D eigenvalue weighted by atomic mass is 32.1. The van der Waals surface area contributed by atoms with Crippen LogP contribution in [0.5, 0.6) is 0 Å². The second-order valence-corrected chi connectivity index (χ2v) is 2.67. The molecular formula is C7H6N2O2S. The predicted molar refractivity (Wildman–Crippen MR) is 44.1 cm³/mol. The van der Waals surface area contributed by atoms with Gasteiger partial charge >= 0.3 is 4.84 Å². The van der Waals surface area contributed by atoms with Crippen molar-refractivity contribution >= 4 is 12.2 Å². The van der Waals surface area contributed by atoms with Crippen molar-refractivity contribution in [2.24, 2.45) is 0 Å². The fourth-order valence-corrected chi connectivity index (χ4v) is 1.11. The van der Waals surface area contributed by atoms with Gasteiger partial charge in [-0.3, -0.25) is 0 Å². The largest absolute Gasteiger partial charge is 0.469 e. The van der Waals surface area contributed by atoms with Gasteiger partial charge in [-0.25, -0.2) is 5.16 Å². The van der Waals surface area contributed by atoms with Crippen LogP contribution in [0.1, 0.15) is 5.76 Å². The highest BCUT2D eigenvalue weighted by Gasteiger charge is 2.07. The molecule has 2 heterocycles. The summed E-state index contributed by atoms with van der Waals surface area (Å²) < 4.78 is 9.87. The number of rotatable bonds is 1. The molecule has 1 N–H and O–H groups in total. The minimum atomic E-state index is 0.200. The Morgan fingerprint density at radius 2 is 2.42 bits per heavy atom. The van der Waals surface area contributed by atoms with Crippen molar-refractivity contribution in [1.29, 1.82) is 0 Å². The Morgan fingerprint density at radius 3 is 2.92 bits per heavy atom. The SMILES string of the molecule is Cc1occc1-c1nc(=S)o[nH]1. The van der Waals surface area contributed by atoms with Crippen molar-refractivity contribution in [3.8, 4) is 11.4 Å². The smallest absolute Gasteiger partial charge is 0.314 e. The first kappa shape index (κ1) is 7.30. The highest BCUT2D eigenvalue weighted by molar-refractivity contribution is 7.71. The van der Waals surface area contributed by atoms with Gasteiger partial charge in [0.2, 0.25) is 0 Å². The normalized spacial score (nSPS) is 10.4. The Kier molecular flexibility index (Phi) is 1.58. The van der Waals surface area contributed by atoms with Gasteiger partial charge in [-0.2, -0.15) is 4.98 Å². The monoisotopic (exact) mass is 182 g/mol. The van der Waals surface area contributed by atoms with Gasteiger partial charge in [-0.1, -0.05) is 0 Å². The van der Waals surface area contributed by atoms with Gasteiger partial charge in [-0.15, -0.1) is 0 Å². The fraction of sp³-hybridized carbons (Fsp3) is 0.143. The molecule has 0 fully saturated rings. The van der Waals surface area contributed by atoms with E-state index in [1.165, 1.54) is 0 Å². The first-order valence-corrected chi connectivity index (χ1v) is 3.78. The molecule has 12 heavy (non-hydrogen) atoms. The van der Waals surface area contributed by atoms with E-state index >= 15 is 0 Å². The van der Waals surface area contributed by atoms with Gasteiger partial charge in [0, 0.05) is 0 Å². The molecular weight excluding hydrogens is 176 g/mol. The molecule has 0 unspecified atom stereocenters. The lowest BCUT2D eigenvalue weighted by molar-refractivity contribution is 0.406. The van der Waals surface area contributed by atoms with Gasteiger partial charge < -0.3 is 8.94 Å². The Bertz CT molecular complexity index is 440. The Hall–Kier alpha value is -1.36. The molecule has 0 atom stereocenters. The number of hydrogen-bond donors (Lipinski definition) is 1. The molecule has 0 saturated heterocycles. The molecule has 0 amide bonds. The standard InChI is InChI=1S/C7H6N2O2S/c1-4-5(2-3-10-4)6-8-7(12)11-9-6/h2-3H,1H3,(H,8,9,12). The summed E-state index contributed by atoms with van der Waals surface area (Å²) in [6.07, 6.45) is 1.59. The number of nitrogens with one attached hydrogen (secondary N) is 1. The topological polar surface area (TPSA) is 55.0 Å². The summed E-state index contributed by atoms with van der Waals surface area (Å²) in [6, 6.07) is 1.80. The molecule has 5 heteroatoms. The van der Waals surface area contributed by atoms with Crippen LogP contribution in [0.25, 0.3) is 11.4 Å². The van der Waals surface area contributed by atoms with E-state index in [2.05, 4.69) is 10.1 Å². The summed E-state index contributed by atoms with van der Waals surface area (Å²) in [5.74, 6) is 1.39. The summed E-state index contributed by atoms with van der Waals surface area (Å²) in [6.45, 7) is 1.85. The predicted octanol–water partition coefficient (Wildman–Crippen LogP) is 2.30. The van der Waals surface area contributed by atoms with Crippen LogP contribution in [0.15, 0.2) is 21.3 Å². The van der Waals surface area contributed by atoms with Crippen molar-refractivity contribution in [2.75, 3.05) is 0 Å². The third-order valence-electron chi connectivity index (χ3n) is 1.55. The first-order valence-electron chi connectivity index (χ1n) is 3.37. The quantitative estimate of drug-likeness (QED) is 0.687. The maximum atomic E-state index is 5.09. The van der Waals surface area contributed by atoms with Gasteiger partial charge in [0.05, 0.1) is 11.8 Å². The van der Waals surface area contributed by atoms with Gasteiger partial charge in [-0.05, 0) is 25.2 Å². The minimum Gasteiger partial charge on any atom is -0.469 e. The number of H-pyrrole nitrogens is 1. The number of furan rings is 1. The molecule has 0 bridgehead atoms. The number of nitrogens with zero attached hydrogens (tertiary/aromatic N) is 1. The molecule has 0 saturated carbocycles. The van der Waals surface area contributed by atoms with E-state index < -0.39 is 0 Å². The van der Waals surface area contributed by atoms with E-state index in [0.717, 1.165) is 11.3 Å². The maximum absolute atomic E-state index is 5.09. The molecule has 0 aliphatic heterocycles. The lowest BCUT2D eigenvalue weighted by atomic mass is 10.2. The first-order chi connectivity index (χ1) is 5.77. The average Bonchev–Trinajstić information content (AvgIpc) is 2.58. The second kappa shape index (κ2) is 2.60. The highest BCUT2D eigenvalue weighted by Crippen LogP contribution is 2.19. The van der Waals surface area contributed by atoms with Crippen molar-refractivity contribution in [3.63, 3.8) is 0 Å². The molecule has 0 aromatic carbocycles. The Labute approximate surface area is 73.2 Å². The van der Waals surface area contributed by atoms with Crippen LogP contribution < -0.4 is 0 Å². The van der Waals surface area contributed by atoms with Crippen LogP contribution in [0.2, 0.25) is 0 Å². The molecule has 0 aliphatic carbocycles.